The molecule has 0 radical (unpaired) electrons. The summed E-state index contributed by atoms with van der Waals surface area (Å²) in [5, 5.41) is 0. The number of benzene rings is 3. The van der Waals surface area contributed by atoms with E-state index in [4.69, 9.17) is 9.73 Å². The summed E-state index contributed by atoms with van der Waals surface area (Å²) >= 11 is 0. The van der Waals surface area contributed by atoms with Gasteiger partial charge in [0.15, 0.2) is 5.78 Å². The van der Waals surface area contributed by atoms with Crippen LogP contribution >= 0.6 is 0 Å². The van der Waals surface area contributed by atoms with E-state index < -0.39 is 11.9 Å². The first-order chi connectivity index (χ1) is 15.6. The van der Waals surface area contributed by atoms with Gasteiger partial charge in [0, 0.05) is 17.6 Å². The molecule has 0 fully saturated rings. The molecule has 0 aromatic heterocycles. The molecule has 32 heavy (non-hydrogen) atoms. The summed E-state index contributed by atoms with van der Waals surface area (Å²) < 4.78 is 5.54. The zero-order valence-corrected chi connectivity index (χ0v) is 18.1. The molecule has 0 saturated carbocycles. The quantitative estimate of drug-likeness (QED) is 0.534. The van der Waals surface area contributed by atoms with Gasteiger partial charge in [0.1, 0.15) is 5.92 Å². The number of aliphatic imine (C=N–C) groups is 1. The van der Waals surface area contributed by atoms with Gasteiger partial charge in [-0.25, -0.2) is 0 Å². The number of carbonyl (C=O) groups is 2. The van der Waals surface area contributed by atoms with Crippen molar-refractivity contribution < 1.29 is 14.3 Å². The third-order valence-corrected chi connectivity index (χ3v) is 6.14. The molecule has 0 N–H and O–H groups in total. The second-order valence-corrected chi connectivity index (χ2v) is 8.06. The molecule has 1 aliphatic heterocycles. The van der Waals surface area contributed by atoms with Gasteiger partial charge in [0.2, 0.25) is 0 Å². The van der Waals surface area contributed by atoms with E-state index in [1.807, 2.05) is 79.7 Å². The van der Waals surface area contributed by atoms with Crippen molar-refractivity contribution in [3.05, 3.63) is 101 Å². The molecule has 0 amide bonds. The van der Waals surface area contributed by atoms with Gasteiger partial charge in [-0.05, 0) is 47.7 Å². The van der Waals surface area contributed by atoms with E-state index in [1.54, 1.807) is 6.92 Å². The van der Waals surface area contributed by atoms with Crippen molar-refractivity contribution in [3.63, 3.8) is 0 Å². The Morgan fingerprint density at radius 2 is 1.62 bits per heavy atom. The molecule has 0 bridgehead atoms. The van der Waals surface area contributed by atoms with Crippen LogP contribution in [0.15, 0.2) is 77.8 Å². The number of aryl methyl sites for hydroxylation is 1. The topological polar surface area (TPSA) is 55.7 Å². The van der Waals surface area contributed by atoms with Crippen molar-refractivity contribution in [1.29, 1.82) is 0 Å². The maximum atomic E-state index is 13.5. The molecule has 5 rings (SSSR count). The molecular formula is C28H23NO3. The van der Waals surface area contributed by atoms with Gasteiger partial charge >= 0.3 is 5.97 Å². The molecule has 0 spiro atoms. The predicted octanol–water partition coefficient (Wildman–Crippen LogP) is 5.34. The highest BCUT2D eigenvalue weighted by molar-refractivity contribution is 6.38. The predicted molar refractivity (Wildman–Crippen MR) is 126 cm³/mol. The largest absolute Gasteiger partial charge is 0.465 e. The second-order valence-electron chi connectivity index (χ2n) is 8.06. The first-order valence-electron chi connectivity index (χ1n) is 10.9. The van der Waals surface area contributed by atoms with E-state index in [9.17, 15) is 9.59 Å². The van der Waals surface area contributed by atoms with Crippen LogP contribution in [0.4, 0.5) is 5.69 Å². The summed E-state index contributed by atoms with van der Waals surface area (Å²) in [4.78, 5) is 31.9. The van der Waals surface area contributed by atoms with Gasteiger partial charge < -0.3 is 4.74 Å². The van der Waals surface area contributed by atoms with Crippen LogP contribution in [-0.2, 0) is 20.7 Å². The van der Waals surface area contributed by atoms with E-state index >= 15 is 0 Å². The lowest BCUT2D eigenvalue weighted by molar-refractivity contribution is -0.143. The summed E-state index contributed by atoms with van der Waals surface area (Å²) in [6, 6.07) is 23.3. The average Bonchev–Trinajstić information content (AvgIpc) is 3.07. The zero-order valence-electron chi connectivity index (χ0n) is 18.1. The Morgan fingerprint density at radius 1 is 0.969 bits per heavy atom. The molecule has 3 aromatic carbocycles. The van der Waals surface area contributed by atoms with Crippen molar-refractivity contribution in [2.45, 2.75) is 20.3 Å². The summed E-state index contributed by atoms with van der Waals surface area (Å²) in [7, 11) is 0. The summed E-state index contributed by atoms with van der Waals surface area (Å²) in [6.07, 6.45) is 0.326. The maximum Gasteiger partial charge on any atom is 0.319 e. The Morgan fingerprint density at radius 3 is 2.28 bits per heavy atom. The summed E-state index contributed by atoms with van der Waals surface area (Å²) in [6.45, 7) is 4.06. The number of hydrogen-bond acceptors (Lipinski definition) is 4. The van der Waals surface area contributed by atoms with Crippen LogP contribution in [0.2, 0.25) is 0 Å². The Labute approximate surface area is 187 Å². The van der Waals surface area contributed by atoms with Crippen molar-refractivity contribution in [2.75, 3.05) is 6.61 Å². The number of Topliss-reactive ketones (excluding diaryl/α,β-unsaturated/α-hetero) is 1. The standard InChI is InChI=1S/C28H23NO3/c1-3-32-28(31)26-23(18-10-6-4-7-11-18)25-22(30)16-20-17(2)14-15-21(24(20)25)29-27(26)19-12-8-5-9-13-19/h4-15,26H,3,16H2,1-2H3. The van der Waals surface area contributed by atoms with Crippen LogP contribution in [0, 0.1) is 12.8 Å². The molecule has 2 aliphatic rings. The van der Waals surface area contributed by atoms with Crippen molar-refractivity contribution in [2.24, 2.45) is 10.9 Å². The minimum absolute atomic E-state index is 0.0215. The van der Waals surface area contributed by atoms with Crippen molar-refractivity contribution in [3.8, 4) is 0 Å². The Bertz CT molecular complexity index is 1290. The smallest absolute Gasteiger partial charge is 0.319 e. The van der Waals surface area contributed by atoms with E-state index in [-0.39, 0.29) is 12.4 Å². The molecule has 1 atom stereocenters. The maximum absolute atomic E-state index is 13.5. The molecule has 3 aromatic rings. The number of rotatable bonds is 4. The van der Waals surface area contributed by atoms with E-state index in [1.165, 1.54) is 0 Å². The number of hydrogen-bond donors (Lipinski definition) is 0. The normalized spacial score (nSPS) is 17.0. The fourth-order valence-corrected chi connectivity index (χ4v) is 4.71. The Balaban J connectivity index is 1.91. The highest BCUT2D eigenvalue weighted by Gasteiger charge is 2.41. The van der Waals surface area contributed by atoms with Gasteiger partial charge in [-0.2, -0.15) is 0 Å². The van der Waals surface area contributed by atoms with Gasteiger partial charge in [0.05, 0.1) is 18.0 Å². The molecule has 4 nitrogen and oxygen atoms in total. The molecule has 1 heterocycles. The number of carbonyl (C=O) groups excluding carboxylic acids is 2. The van der Waals surface area contributed by atoms with Crippen LogP contribution in [0.5, 0.6) is 0 Å². The van der Waals surface area contributed by atoms with Crippen LogP contribution in [-0.4, -0.2) is 24.1 Å². The van der Waals surface area contributed by atoms with Crippen molar-refractivity contribution in [1.82, 2.24) is 0 Å². The van der Waals surface area contributed by atoms with Gasteiger partial charge in [0.25, 0.3) is 0 Å². The summed E-state index contributed by atoms with van der Waals surface area (Å²) in [5.74, 6) is -1.18. The van der Waals surface area contributed by atoms with E-state index in [0.717, 1.165) is 33.5 Å². The fourth-order valence-electron chi connectivity index (χ4n) is 4.71. The Kier molecular flexibility index (Phi) is 5.06. The third kappa shape index (κ3) is 3.19. The summed E-state index contributed by atoms with van der Waals surface area (Å²) in [5.41, 5.74) is 7.18. The van der Waals surface area contributed by atoms with Crippen LogP contribution in [0.3, 0.4) is 0 Å². The molecular weight excluding hydrogens is 398 g/mol. The SMILES string of the molecule is CCOC(=O)C1C(c2ccccc2)=Nc2ccc(C)c3c2C(=C1c1ccccc1)C(=O)C3. The second kappa shape index (κ2) is 8.04. The highest BCUT2D eigenvalue weighted by atomic mass is 16.5. The lowest BCUT2D eigenvalue weighted by Crippen LogP contribution is -2.29. The van der Waals surface area contributed by atoms with Crippen LogP contribution in [0.25, 0.3) is 11.1 Å². The number of ketones is 1. The van der Waals surface area contributed by atoms with Crippen molar-refractivity contribution >= 4 is 34.3 Å². The highest BCUT2D eigenvalue weighted by Crippen LogP contribution is 2.48. The first kappa shape index (κ1) is 20.1. The minimum atomic E-state index is -0.808. The van der Waals surface area contributed by atoms with Crippen LogP contribution < -0.4 is 0 Å². The lowest BCUT2D eigenvalue weighted by Gasteiger charge is -2.22. The van der Waals surface area contributed by atoms with Gasteiger partial charge in [-0.1, -0.05) is 66.7 Å². The molecule has 0 saturated heterocycles. The molecule has 1 aliphatic carbocycles. The van der Waals surface area contributed by atoms with Gasteiger partial charge in [-0.15, -0.1) is 0 Å². The molecule has 158 valence electrons. The first-order valence-corrected chi connectivity index (χ1v) is 10.9. The minimum Gasteiger partial charge on any atom is -0.465 e. The van der Waals surface area contributed by atoms with Crippen LogP contribution in [0.1, 0.15) is 34.7 Å². The zero-order chi connectivity index (χ0) is 22.2. The third-order valence-electron chi connectivity index (χ3n) is 6.14. The van der Waals surface area contributed by atoms with E-state index in [0.29, 0.717) is 23.3 Å². The fraction of sp³-hybridized carbons (Fsp3) is 0.179. The van der Waals surface area contributed by atoms with Gasteiger partial charge in [-0.3, -0.25) is 14.6 Å². The van der Waals surface area contributed by atoms with E-state index in [2.05, 4.69) is 0 Å². The number of esters is 1. The number of nitrogens with zero attached hydrogens (tertiary/aromatic N) is 1. The molecule has 4 heteroatoms. The Hall–Kier alpha value is -3.79. The number of ether oxygens (including phenoxy) is 1. The average molecular weight is 421 g/mol. The number of allylic oxidation sites excluding steroid dienone is 1. The molecule has 1 unspecified atom stereocenters. The monoisotopic (exact) mass is 421 g/mol. The lowest BCUT2D eigenvalue weighted by atomic mass is 9.82.